The molecule has 0 spiro atoms. The number of nitrogens with zero attached hydrogens (tertiary/aromatic N) is 2. The summed E-state index contributed by atoms with van der Waals surface area (Å²) in [5.41, 5.74) is 9.42. The van der Waals surface area contributed by atoms with Crippen molar-refractivity contribution >= 4 is 32.9 Å². The van der Waals surface area contributed by atoms with E-state index < -0.39 is 0 Å². The van der Waals surface area contributed by atoms with Gasteiger partial charge in [-0.2, -0.15) is 0 Å². The number of rotatable bonds is 1. The first-order valence-electron chi connectivity index (χ1n) is 14.5. The number of epoxide rings is 1. The average molecular weight is 549 g/mol. The van der Waals surface area contributed by atoms with Crippen LogP contribution in [0.3, 0.4) is 0 Å². The lowest BCUT2D eigenvalue weighted by Gasteiger charge is -2.34. The molecule has 1 saturated heterocycles. The van der Waals surface area contributed by atoms with E-state index in [1.807, 2.05) is 0 Å². The average Bonchev–Trinajstić information content (AvgIpc) is 3.84. The van der Waals surface area contributed by atoms with Crippen LogP contribution in [-0.2, 0) is 9.47 Å². The van der Waals surface area contributed by atoms with E-state index in [9.17, 15) is 0 Å². The third kappa shape index (κ3) is 3.69. The van der Waals surface area contributed by atoms with Crippen molar-refractivity contribution in [2.45, 2.75) is 18.6 Å². The molecule has 0 N–H and O–H groups in total. The standard InChI is InChI=1S/C38H32N2O2/c1-39-32-22-12-13-23-33(32)40(2)38-36(42-38)30-20-10-8-18-28(30)34-24-14-4-6-16-26(24)35(27-17-7-5-15-25(27)34)29-19-9-11-21-31(29)37(39)41-3/h4-23,36-38H,1-3H3. The molecule has 3 aliphatic rings. The van der Waals surface area contributed by atoms with Gasteiger partial charge in [-0.3, -0.25) is 0 Å². The lowest BCUT2D eigenvalue weighted by Crippen LogP contribution is -2.29. The summed E-state index contributed by atoms with van der Waals surface area (Å²) in [6.07, 6.45) is -0.426. The van der Waals surface area contributed by atoms with Gasteiger partial charge in [0.25, 0.3) is 0 Å². The van der Waals surface area contributed by atoms with E-state index in [2.05, 4.69) is 145 Å². The molecule has 3 atom stereocenters. The quantitative estimate of drug-likeness (QED) is 0.151. The van der Waals surface area contributed by atoms with Crippen LogP contribution >= 0.6 is 0 Å². The molecular formula is C38H32N2O2. The fraction of sp³-hybridized carbons (Fsp3) is 0.158. The predicted molar refractivity (Wildman–Crippen MR) is 173 cm³/mol. The first kappa shape index (κ1) is 25.1. The maximum atomic E-state index is 6.50. The number of likely N-dealkylation sites (N-methyl/N-ethyl adjacent to an activating group) is 1. The number of anilines is 2. The highest BCUT2D eigenvalue weighted by molar-refractivity contribution is 6.21. The molecular weight excluding hydrogens is 516 g/mol. The minimum absolute atomic E-state index is 0.0395. The van der Waals surface area contributed by atoms with Crippen LogP contribution in [0.4, 0.5) is 11.4 Å². The molecule has 9 rings (SSSR count). The van der Waals surface area contributed by atoms with Crippen LogP contribution in [0, 0.1) is 0 Å². The zero-order valence-electron chi connectivity index (χ0n) is 24.0. The molecule has 3 heterocycles. The van der Waals surface area contributed by atoms with Crippen LogP contribution < -0.4 is 9.80 Å². The van der Waals surface area contributed by atoms with Crippen molar-refractivity contribution in [3.8, 4) is 22.3 Å². The highest BCUT2D eigenvalue weighted by Gasteiger charge is 2.46. The maximum absolute atomic E-state index is 6.50. The number of para-hydroxylation sites is 2. The lowest BCUT2D eigenvalue weighted by molar-refractivity contribution is 0.104. The summed E-state index contributed by atoms with van der Waals surface area (Å²) in [6.45, 7) is 0. The van der Waals surface area contributed by atoms with Crippen molar-refractivity contribution in [2.75, 3.05) is 31.0 Å². The molecule has 42 heavy (non-hydrogen) atoms. The molecule has 3 unspecified atom stereocenters. The molecule has 206 valence electrons. The van der Waals surface area contributed by atoms with Crippen LogP contribution in [0.25, 0.3) is 43.8 Å². The Morgan fingerprint density at radius 2 is 0.952 bits per heavy atom. The second-order valence-electron chi connectivity index (χ2n) is 11.3. The van der Waals surface area contributed by atoms with E-state index in [-0.39, 0.29) is 18.6 Å². The van der Waals surface area contributed by atoms with Crippen molar-refractivity contribution in [2.24, 2.45) is 0 Å². The molecule has 3 aliphatic heterocycles. The SMILES string of the molecule is COC1c2ccccc2-c2c3ccccc3c(c3ccccc23)-c2ccccc2C2OC2N(C)c2ccccc2N1C. The topological polar surface area (TPSA) is 28.2 Å². The fourth-order valence-corrected chi connectivity index (χ4v) is 7.07. The van der Waals surface area contributed by atoms with E-state index in [1.165, 1.54) is 49.4 Å². The third-order valence-corrected chi connectivity index (χ3v) is 9.03. The van der Waals surface area contributed by atoms with E-state index in [4.69, 9.17) is 9.47 Å². The van der Waals surface area contributed by atoms with Crippen LogP contribution in [0.1, 0.15) is 23.5 Å². The van der Waals surface area contributed by atoms with Crippen molar-refractivity contribution in [3.05, 3.63) is 132 Å². The number of hydrogen-bond acceptors (Lipinski definition) is 4. The molecule has 0 aromatic heterocycles. The minimum Gasteiger partial charge on any atom is -0.357 e. The Labute approximate surface area is 246 Å². The first-order valence-corrected chi connectivity index (χ1v) is 14.5. The van der Waals surface area contributed by atoms with Crippen molar-refractivity contribution in [1.29, 1.82) is 0 Å². The molecule has 0 radical (unpaired) electrons. The molecule has 4 heteroatoms. The molecule has 6 aromatic carbocycles. The Morgan fingerprint density at radius 3 is 1.50 bits per heavy atom. The van der Waals surface area contributed by atoms with Gasteiger partial charge in [-0.25, -0.2) is 0 Å². The zero-order valence-corrected chi connectivity index (χ0v) is 24.0. The van der Waals surface area contributed by atoms with Gasteiger partial charge in [-0.05, 0) is 61.5 Å². The molecule has 6 aromatic rings. The molecule has 4 nitrogen and oxygen atoms in total. The molecule has 0 amide bonds. The normalized spacial score (nSPS) is 19.5. The highest BCUT2D eigenvalue weighted by atomic mass is 16.6. The van der Waals surface area contributed by atoms with Gasteiger partial charge in [-0.15, -0.1) is 0 Å². The van der Waals surface area contributed by atoms with Crippen LogP contribution in [-0.4, -0.2) is 27.4 Å². The second kappa shape index (κ2) is 9.73. The van der Waals surface area contributed by atoms with Gasteiger partial charge in [0.05, 0.1) is 11.4 Å². The van der Waals surface area contributed by atoms with E-state index in [1.54, 1.807) is 7.11 Å². The van der Waals surface area contributed by atoms with Crippen LogP contribution in [0.5, 0.6) is 0 Å². The number of hydrogen-bond donors (Lipinski definition) is 0. The zero-order chi connectivity index (χ0) is 28.4. The van der Waals surface area contributed by atoms with Gasteiger partial charge in [0.1, 0.15) is 6.10 Å². The summed E-state index contributed by atoms with van der Waals surface area (Å²) in [5, 5.41) is 4.93. The largest absolute Gasteiger partial charge is 0.357 e. The maximum Gasteiger partial charge on any atom is 0.161 e. The minimum atomic E-state index is -0.314. The summed E-state index contributed by atoms with van der Waals surface area (Å²) >= 11 is 0. The van der Waals surface area contributed by atoms with E-state index >= 15 is 0 Å². The summed E-state index contributed by atoms with van der Waals surface area (Å²) in [5.74, 6) is 0. The smallest absolute Gasteiger partial charge is 0.161 e. The number of fused-ring (bicyclic) bond motifs is 1. The Balaban J connectivity index is 1.54. The molecule has 0 aliphatic carbocycles. The number of methoxy groups -OCH3 is 1. The predicted octanol–water partition coefficient (Wildman–Crippen LogP) is 8.96. The van der Waals surface area contributed by atoms with Crippen molar-refractivity contribution < 1.29 is 9.47 Å². The van der Waals surface area contributed by atoms with Gasteiger partial charge < -0.3 is 19.3 Å². The lowest BCUT2D eigenvalue weighted by atomic mass is 9.83. The summed E-state index contributed by atoms with van der Waals surface area (Å²) in [4.78, 5) is 4.51. The molecule has 1 fully saturated rings. The summed E-state index contributed by atoms with van der Waals surface area (Å²) < 4.78 is 12.8. The fourth-order valence-electron chi connectivity index (χ4n) is 7.07. The highest BCUT2D eigenvalue weighted by Crippen LogP contribution is 2.52. The van der Waals surface area contributed by atoms with E-state index in [0.717, 1.165) is 16.9 Å². The van der Waals surface area contributed by atoms with Crippen molar-refractivity contribution in [1.82, 2.24) is 0 Å². The third-order valence-electron chi connectivity index (χ3n) is 9.03. The Morgan fingerprint density at radius 1 is 0.524 bits per heavy atom. The Bertz CT molecular complexity index is 1930. The number of benzene rings is 6. The molecule has 2 bridgehead atoms. The van der Waals surface area contributed by atoms with Gasteiger partial charge >= 0.3 is 0 Å². The number of ether oxygens (including phenoxy) is 2. The van der Waals surface area contributed by atoms with Gasteiger partial charge in [0, 0.05) is 26.8 Å². The van der Waals surface area contributed by atoms with Crippen LogP contribution in [0.15, 0.2) is 121 Å². The first-order chi connectivity index (χ1) is 20.7. The molecule has 0 saturated carbocycles. The van der Waals surface area contributed by atoms with Gasteiger partial charge in [-0.1, -0.05) is 109 Å². The van der Waals surface area contributed by atoms with Crippen molar-refractivity contribution in [3.63, 3.8) is 0 Å². The summed E-state index contributed by atoms with van der Waals surface area (Å²) in [7, 11) is 6.05. The van der Waals surface area contributed by atoms with Gasteiger partial charge in [0.2, 0.25) is 0 Å². The van der Waals surface area contributed by atoms with E-state index in [0.29, 0.717) is 0 Å². The Kier molecular flexibility index (Phi) is 5.81. The van der Waals surface area contributed by atoms with Gasteiger partial charge in [0.15, 0.2) is 12.5 Å². The summed E-state index contributed by atoms with van der Waals surface area (Å²) in [6, 6.07) is 43.7. The van der Waals surface area contributed by atoms with Crippen LogP contribution in [0.2, 0.25) is 0 Å². The second-order valence-corrected chi connectivity index (χ2v) is 11.3. The Hall–Kier alpha value is -4.64. The monoisotopic (exact) mass is 548 g/mol.